The van der Waals surface area contributed by atoms with E-state index in [2.05, 4.69) is 41.7 Å². The summed E-state index contributed by atoms with van der Waals surface area (Å²) >= 11 is 0. The highest BCUT2D eigenvalue weighted by molar-refractivity contribution is 5.66. The minimum atomic E-state index is 0.342. The summed E-state index contributed by atoms with van der Waals surface area (Å²) in [5.41, 5.74) is 2.32. The molecule has 0 aromatic heterocycles. The Morgan fingerprint density at radius 3 is 2.13 bits per heavy atom. The van der Waals surface area contributed by atoms with Crippen molar-refractivity contribution < 1.29 is 9.47 Å². The highest BCUT2D eigenvalue weighted by atomic mass is 16.5. The van der Waals surface area contributed by atoms with Crippen LogP contribution in [0, 0.1) is 0 Å². The molecule has 23 heavy (non-hydrogen) atoms. The SMILES string of the molecule is COc1cccc(-c2cccc(OC3C[C@H]4CC[C@@H](C3)N4)c2)c1. The minimum absolute atomic E-state index is 0.342. The first kappa shape index (κ1) is 14.6. The molecule has 0 spiro atoms. The van der Waals surface area contributed by atoms with Crippen molar-refractivity contribution in [1.82, 2.24) is 5.32 Å². The molecule has 2 fully saturated rings. The highest BCUT2D eigenvalue weighted by Crippen LogP contribution is 2.31. The zero-order valence-electron chi connectivity index (χ0n) is 13.5. The molecule has 3 nitrogen and oxygen atoms in total. The maximum atomic E-state index is 6.28. The summed E-state index contributed by atoms with van der Waals surface area (Å²) in [6.45, 7) is 0. The van der Waals surface area contributed by atoms with Crippen molar-refractivity contribution in [3.05, 3.63) is 48.5 Å². The van der Waals surface area contributed by atoms with Gasteiger partial charge in [0.05, 0.1) is 7.11 Å². The predicted molar refractivity (Wildman–Crippen MR) is 92.0 cm³/mol. The van der Waals surface area contributed by atoms with Gasteiger partial charge in [-0.05, 0) is 61.1 Å². The van der Waals surface area contributed by atoms with Gasteiger partial charge in [0.1, 0.15) is 17.6 Å². The maximum absolute atomic E-state index is 6.28. The van der Waals surface area contributed by atoms with Gasteiger partial charge in [-0.25, -0.2) is 0 Å². The molecule has 2 aliphatic rings. The van der Waals surface area contributed by atoms with Crippen LogP contribution in [-0.2, 0) is 0 Å². The van der Waals surface area contributed by atoms with E-state index in [4.69, 9.17) is 9.47 Å². The largest absolute Gasteiger partial charge is 0.497 e. The normalized spacial score (nSPS) is 26.0. The maximum Gasteiger partial charge on any atom is 0.120 e. The molecule has 2 aromatic carbocycles. The summed E-state index contributed by atoms with van der Waals surface area (Å²) in [5.74, 6) is 1.85. The molecular formula is C20H23NO2. The lowest BCUT2D eigenvalue weighted by Gasteiger charge is -2.29. The average Bonchev–Trinajstić information content (AvgIpc) is 2.94. The molecule has 3 atom stereocenters. The fraction of sp³-hybridized carbons (Fsp3) is 0.400. The molecule has 0 saturated carbocycles. The van der Waals surface area contributed by atoms with E-state index < -0.39 is 0 Å². The lowest BCUT2D eigenvalue weighted by molar-refractivity contribution is 0.137. The number of ether oxygens (including phenoxy) is 2. The number of methoxy groups -OCH3 is 1. The van der Waals surface area contributed by atoms with Crippen LogP contribution in [0.5, 0.6) is 11.5 Å². The number of benzene rings is 2. The van der Waals surface area contributed by atoms with Crippen LogP contribution in [0.1, 0.15) is 25.7 Å². The van der Waals surface area contributed by atoms with E-state index in [1.54, 1.807) is 7.11 Å². The number of hydrogen-bond acceptors (Lipinski definition) is 3. The number of nitrogens with one attached hydrogen (secondary N) is 1. The van der Waals surface area contributed by atoms with Gasteiger partial charge in [-0.15, -0.1) is 0 Å². The molecular weight excluding hydrogens is 286 g/mol. The van der Waals surface area contributed by atoms with Crippen molar-refractivity contribution in [3.63, 3.8) is 0 Å². The fourth-order valence-corrected chi connectivity index (χ4v) is 3.85. The Kier molecular flexibility index (Phi) is 3.96. The third kappa shape index (κ3) is 3.20. The highest BCUT2D eigenvalue weighted by Gasteiger charge is 2.34. The van der Waals surface area contributed by atoms with Crippen molar-refractivity contribution in [3.8, 4) is 22.6 Å². The van der Waals surface area contributed by atoms with Gasteiger partial charge in [0.15, 0.2) is 0 Å². The summed E-state index contributed by atoms with van der Waals surface area (Å²) in [6.07, 6.45) is 5.19. The number of hydrogen-bond donors (Lipinski definition) is 1. The lowest BCUT2D eigenvalue weighted by Crippen LogP contribution is -2.42. The third-order valence-corrected chi connectivity index (χ3v) is 4.97. The summed E-state index contributed by atoms with van der Waals surface area (Å²) in [7, 11) is 1.70. The molecule has 1 N–H and O–H groups in total. The number of piperidine rings is 1. The molecule has 2 bridgehead atoms. The van der Waals surface area contributed by atoms with Crippen molar-refractivity contribution >= 4 is 0 Å². The monoisotopic (exact) mass is 309 g/mol. The first-order chi connectivity index (χ1) is 11.3. The minimum Gasteiger partial charge on any atom is -0.497 e. The van der Waals surface area contributed by atoms with E-state index in [0.717, 1.165) is 29.9 Å². The summed E-state index contributed by atoms with van der Waals surface area (Å²) in [4.78, 5) is 0. The molecule has 2 heterocycles. The van der Waals surface area contributed by atoms with Crippen LogP contribution in [0.2, 0.25) is 0 Å². The Bertz CT molecular complexity index is 673. The van der Waals surface area contributed by atoms with Gasteiger partial charge < -0.3 is 14.8 Å². The average molecular weight is 309 g/mol. The second-order valence-electron chi connectivity index (χ2n) is 6.61. The van der Waals surface area contributed by atoms with Gasteiger partial charge in [-0.1, -0.05) is 24.3 Å². The van der Waals surface area contributed by atoms with Crippen LogP contribution < -0.4 is 14.8 Å². The van der Waals surface area contributed by atoms with E-state index in [1.807, 2.05) is 12.1 Å². The van der Waals surface area contributed by atoms with Gasteiger partial charge >= 0.3 is 0 Å². The van der Waals surface area contributed by atoms with Crippen molar-refractivity contribution in [2.24, 2.45) is 0 Å². The zero-order chi connectivity index (χ0) is 15.6. The first-order valence-corrected chi connectivity index (χ1v) is 8.47. The number of rotatable bonds is 4. The zero-order valence-corrected chi connectivity index (χ0v) is 13.5. The molecule has 4 rings (SSSR count). The molecule has 1 unspecified atom stereocenters. The molecule has 2 aliphatic heterocycles. The van der Waals surface area contributed by atoms with Gasteiger partial charge in [-0.3, -0.25) is 0 Å². The van der Waals surface area contributed by atoms with Crippen LogP contribution in [0.4, 0.5) is 0 Å². The van der Waals surface area contributed by atoms with Gasteiger partial charge in [0.25, 0.3) is 0 Å². The summed E-state index contributed by atoms with van der Waals surface area (Å²) in [6, 6.07) is 17.8. The van der Waals surface area contributed by atoms with Gasteiger partial charge in [-0.2, -0.15) is 0 Å². The van der Waals surface area contributed by atoms with Crippen LogP contribution in [0.25, 0.3) is 11.1 Å². The van der Waals surface area contributed by atoms with Crippen molar-refractivity contribution in [1.29, 1.82) is 0 Å². The van der Waals surface area contributed by atoms with E-state index in [-0.39, 0.29) is 0 Å². The molecule has 2 aromatic rings. The first-order valence-electron chi connectivity index (χ1n) is 8.47. The lowest BCUT2D eigenvalue weighted by atomic mass is 10.0. The predicted octanol–water partition coefficient (Wildman–Crippen LogP) is 4.02. The molecule has 0 radical (unpaired) electrons. The topological polar surface area (TPSA) is 30.5 Å². The van der Waals surface area contributed by atoms with Crippen molar-refractivity contribution in [2.75, 3.05) is 7.11 Å². The third-order valence-electron chi connectivity index (χ3n) is 4.97. The van der Waals surface area contributed by atoms with Crippen molar-refractivity contribution in [2.45, 2.75) is 43.9 Å². The Hall–Kier alpha value is -2.00. The van der Waals surface area contributed by atoms with Gasteiger partial charge in [0, 0.05) is 12.1 Å². The van der Waals surface area contributed by atoms with E-state index >= 15 is 0 Å². The molecule has 3 heteroatoms. The Morgan fingerprint density at radius 1 is 0.870 bits per heavy atom. The molecule has 0 aliphatic carbocycles. The van der Waals surface area contributed by atoms with E-state index in [1.165, 1.54) is 18.4 Å². The van der Waals surface area contributed by atoms with E-state index in [0.29, 0.717) is 18.2 Å². The molecule has 2 saturated heterocycles. The summed E-state index contributed by atoms with van der Waals surface area (Å²) in [5, 5.41) is 3.66. The molecule has 120 valence electrons. The Labute approximate surface area is 137 Å². The summed E-state index contributed by atoms with van der Waals surface area (Å²) < 4.78 is 11.6. The molecule has 0 amide bonds. The van der Waals surface area contributed by atoms with Gasteiger partial charge in [0.2, 0.25) is 0 Å². The van der Waals surface area contributed by atoms with E-state index in [9.17, 15) is 0 Å². The van der Waals surface area contributed by atoms with Crippen LogP contribution in [0.15, 0.2) is 48.5 Å². The fourth-order valence-electron chi connectivity index (χ4n) is 3.85. The smallest absolute Gasteiger partial charge is 0.120 e. The Balaban J connectivity index is 1.52. The Morgan fingerprint density at radius 2 is 1.48 bits per heavy atom. The number of fused-ring (bicyclic) bond motifs is 2. The standard InChI is InChI=1S/C20H23NO2/c1-22-18-6-2-4-14(10-18)15-5-3-7-19(11-15)23-20-12-16-8-9-17(13-20)21-16/h2-7,10-11,16-17,20-21H,8-9,12-13H2,1H3/t16-,17+,20?. The van der Waals surface area contributed by atoms with Crippen LogP contribution in [0.3, 0.4) is 0 Å². The quantitative estimate of drug-likeness (QED) is 0.925. The van der Waals surface area contributed by atoms with Crippen LogP contribution in [-0.4, -0.2) is 25.3 Å². The van der Waals surface area contributed by atoms with Crippen LogP contribution >= 0.6 is 0 Å². The second kappa shape index (κ2) is 6.25. The second-order valence-corrected chi connectivity index (χ2v) is 6.61.